The van der Waals surface area contributed by atoms with Crippen LogP contribution in [0.5, 0.6) is 6.01 Å². The Balaban J connectivity index is 1.62. The van der Waals surface area contributed by atoms with E-state index in [9.17, 15) is 4.79 Å². The molecule has 150 valence electrons. The maximum Gasteiger partial charge on any atom is 0.327 e. The number of anilines is 1. The van der Waals surface area contributed by atoms with Crippen molar-refractivity contribution in [2.24, 2.45) is 0 Å². The molecular weight excluding hydrogens is 344 g/mol. The summed E-state index contributed by atoms with van der Waals surface area (Å²) in [4.78, 5) is 26.2. The van der Waals surface area contributed by atoms with Crippen LogP contribution < -0.4 is 16.2 Å². The van der Waals surface area contributed by atoms with Crippen LogP contribution in [0.4, 0.5) is 5.82 Å². The SMILES string of the molecule is CCCCOc1nc(N)c2[nH]c(=O)n(CCCCN3CCCCCC3)c2n1. The number of ether oxygens (including phenoxy) is 1. The summed E-state index contributed by atoms with van der Waals surface area (Å²) >= 11 is 0. The molecule has 3 heterocycles. The van der Waals surface area contributed by atoms with Gasteiger partial charge in [0.1, 0.15) is 5.52 Å². The fraction of sp³-hybridized carbons (Fsp3) is 0.737. The van der Waals surface area contributed by atoms with Gasteiger partial charge in [-0.3, -0.25) is 4.57 Å². The monoisotopic (exact) mass is 376 g/mol. The molecule has 0 aromatic carbocycles. The zero-order chi connectivity index (χ0) is 19.1. The van der Waals surface area contributed by atoms with Crippen molar-refractivity contribution in [1.82, 2.24) is 24.4 Å². The van der Waals surface area contributed by atoms with E-state index in [0.717, 1.165) is 32.2 Å². The van der Waals surface area contributed by atoms with Crippen molar-refractivity contribution in [3.05, 3.63) is 10.5 Å². The van der Waals surface area contributed by atoms with E-state index in [1.165, 1.54) is 38.8 Å². The number of H-pyrrole nitrogens is 1. The number of imidazole rings is 1. The quantitative estimate of drug-likeness (QED) is 0.652. The van der Waals surface area contributed by atoms with Crippen LogP contribution >= 0.6 is 0 Å². The number of hydrogen-bond donors (Lipinski definition) is 2. The van der Waals surface area contributed by atoms with Crippen molar-refractivity contribution >= 4 is 17.0 Å². The molecule has 3 N–H and O–H groups in total. The molecule has 8 nitrogen and oxygen atoms in total. The molecule has 0 spiro atoms. The Labute approximate surface area is 160 Å². The molecule has 2 aromatic rings. The Hall–Kier alpha value is -2.09. The molecular formula is C19H32N6O2. The summed E-state index contributed by atoms with van der Waals surface area (Å²) in [6.45, 7) is 6.77. The Morgan fingerprint density at radius 2 is 1.81 bits per heavy atom. The summed E-state index contributed by atoms with van der Waals surface area (Å²) in [5.41, 5.74) is 6.83. The van der Waals surface area contributed by atoms with Gasteiger partial charge in [-0.05, 0) is 51.7 Å². The molecule has 2 aromatic heterocycles. The summed E-state index contributed by atoms with van der Waals surface area (Å²) in [6, 6.07) is 0.241. The number of aromatic amines is 1. The first kappa shape index (κ1) is 19.7. The zero-order valence-corrected chi connectivity index (χ0v) is 16.4. The molecule has 0 saturated carbocycles. The topological polar surface area (TPSA) is 102 Å². The van der Waals surface area contributed by atoms with E-state index in [1.54, 1.807) is 4.57 Å². The highest BCUT2D eigenvalue weighted by Gasteiger charge is 2.15. The van der Waals surface area contributed by atoms with Crippen LogP contribution in [0.15, 0.2) is 4.79 Å². The largest absolute Gasteiger partial charge is 0.463 e. The fourth-order valence-corrected chi connectivity index (χ4v) is 3.58. The van der Waals surface area contributed by atoms with E-state index in [2.05, 4.69) is 26.8 Å². The normalized spacial score (nSPS) is 15.9. The van der Waals surface area contributed by atoms with Gasteiger partial charge in [0, 0.05) is 6.54 Å². The molecule has 0 amide bonds. The first-order valence-electron chi connectivity index (χ1n) is 10.3. The number of aromatic nitrogens is 4. The van der Waals surface area contributed by atoms with Crippen LogP contribution in [0, 0.1) is 0 Å². The van der Waals surface area contributed by atoms with Crippen molar-refractivity contribution in [3.63, 3.8) is 0 Å². The molecule has 27 heavy (non-hydrogen) atoms. The minimum atomic E-state index is -0.188. The van der Waals surface area contributed by atoms with E-state index >= 15 is 0 Å². The van der Waals surface area contributed by atoms with Gasteiger partial charge in [-0.1, -0.05) is 26.2 Å². The van der Waals surface area contributed by atoms with Crippen molar-refractivity contribution in [1.29, 1.82) is 0 Å². The second-order valence-corrected chi connectivity index (χ2v) is 7.34. The third-order valence-corrected chi connectivity index (χ3v) is 5.16. The molecule has 1 aliphatic rings. The zero-order valence-electron chi connectivity index (χ0n) is 16.4. The first-order valence-corrected chi connectivity index (χ1v) is 10.3. The predicted octanol–water partition coefficient (Wildman–Crippen LogP) is 2.54. The molecule has 1 fully saturated rings. The highest BCUT2D eigenvalue weighted by molar-refractivity contribution is 5.81. The number of nitrogens with zero attached hydrogens (tertiary/aromatic N) is 4. The van der Waals surface area contributed by atoms with Gasteiger partial charge in [-0.25, -0.2) is 4.79 Å². The minimum Gasteiger partial charge on any atom is -0.463 e. The number of rotatable bonds is 9. The maximum atomic E-state index is 12.3. The van der Waals surface area contributed by atoms with Gasteiger partial charge in [-0.2, -0.15) is 9.97 Å². The van der Waals surface area contributed by atoms with E-state index in [0.29, 0.717) is 24.3 Å². The molecule has 1 aliphatic heterocycles. The van der Waals surface area contributed by atoms with Gasteiger partial charge in [0.05, 0.1) is 6.61 Å². The van der Waals surface area contributed by atoms with Gasteiger partial charge in [0.25, 0.3) is 0 Å². The average Bonchev–Trinajstić information content (AvgIpc) is 2.83. The van der Waals surface area contributed by atoms with Gasteiger partial charge in [0.2, 0.25) is 0 Å². The van der Waals surface area contributed by atoms with Crippen LogP contribution in [-0.4, -0.2) is 50.7 Å². The number of nitrogens with two attached hydrogens (primary N) is 1. The molecule has 0 bridgehead atoms. The number of hydrogen-bond acceptors (Lipinski definition) is 6. The number of fused-ring (bicyclic) bond motifs is 1. The van der Waals surface area contributed by atoms with E-state index < -0.39 is 0 Å². The third-order valence-electron chi connectivity index (χ3n) is 5.16. The van der Waals surface area contributed by atoms with Crippen molar-refractivity contribution in [2.75, 3.05) is 32.0 Å². The minimum absolute atomic E-state index is 0.188. The van der Waals surface area contributed by atoms with Crippen LogP contribution in [0.1, 0.15) is 58.3 Å². The van der Waals surface area contributed by atoms with Gasteiger partial charge < -0.3 is 20.4 Å². The highest BCUT2D eigenvalue weighted by Crippen LogP contribution is 2.18. The second-order valence-electron chi connectivity index (χ2n) is 7.34. The van der Waals surface area contributed by atoms with E-state index in [-0.39, 0.29) is 17.5 Å². The van der Waals surface area contributed by atoms with Crippen LogP contribution in [0.2, 0.25) is 0 Å². The molecule has 3 rings (SSSR count). The predicted molar refractivity (Wildman–Crippen MR) is 107 cm³/mol. The fourth-order valence-electron chi connectivity index (χ4n) is 3.58. The van der Waals surface area contributed by atoms with E-state index in [4.69, 9.17) is 10.5 Å². The van der Waals surface area contributed by atoms with Crippen LogP contribution in [0.25, 0.3) is 11.2 Å². The molecule has 0 aliphatic carbocycles. The van der Waals surface area contributed by atoms with Gasteiger partial charge >= 0.3 is 11.7 Å². The van der Waals surface area contributed by atoms with Crippen molar-refractivity contribution in [2.45, 2.75) is 64.8 Å². The third kappa shape index (κ3) is 5.22. The van der Waals surface area contributed by atoms with Gasteiger partial charge in [-0.15, -0.1) is 0 Å². The lowest BCUT2D eigenvalue weighted by Crippen LogP contribution is -2.26. The Bertz CT molecular complexity index is 776. The lowest BCUT2D eigenvalue weighted by Gasteiger charge is -2.19. The lowest BCUT2D eigenvalue weighted by molar-refractivity contribution is 0.276. The molecule has 0 atom stereocenters. The van der Waals surface area contributed by atoms with Crippen LogP contribution in [0.3, 0.4) is 0 Å². The first-order chi connectivity index (χ1) is 13.2. The molecule has 1 saturated heterocycles. The Morgan fingerprint density at radius 1 is 1.07 bits per heavy atom. The molecule has 0 unspecified atom stereocenters. The number of nitrogen functional groups attached to an aromatic ring is 1. The summed E-state index contributed by atoms with van der Waals surface area (Å²) in [7, 11) is 0. The standard InChI is InChI=1S/C19H32N6O2/c1-2-3-14-27-18-22-16(20)15-17(23-18)25(19(26)21-15)13-9-8-12-24-10-6-4-5-7-11-24/h2-14H2,1H3,(H,21,26)(H2,20,22,23). The Kier molecular flexibility index (Phi) is 7.09. The summed E-state index contributed by atoms with van der Waals surface area (Å²) in [6.07, 6.45) is 9.27. The number of unbranched alkanes of at least 4 members (excludes halogenated alkanes) is 2. The van der Waals surface area contributed by atoms with Crippen molar-refractivity contribution < 1.29 is 4.74 Å². The number of aryl methyl sites for hydroxylation is 1. The maximum absolute atomic E-state index is 12.3. The summed E-state index contributed by atoms with van der Waals surface area (Å²) in [5.74, 6) is 0.256. The summed E-state index contributed by atoms with van der Waals surface area (Å²) < 4.78 is 7.23. The summed E-state index contributed by atoms with van der Waals surface area (Å²) in [5, 5.41) is 0. The lowest BCUT2D eigenvalue weighted by atomic mass is 10.2. The van der Waals surface area contributed by atoms with Crippen LogP contribution in [-0.2, 0) is 6.54 Å². The molecule has 0 radical (unpaired) electrons. The highest BCUT2D eigenvalue weighted by atomic mass is 16.5. The average molecular weight is 377 g/mol. The van der Waals surface area contributed by atoms with Gasteiger partial charge in [0.15, 0.2) is 11.5 Å². The second kappa shape index (κ2) is 9.73. The number of likely N-dealkylation sites (tertiary alicyclic amines) is 1. The molecule has 8 heteroatoms. The smallest absolute Gasteiger partial charge is 0.327 e. The van der Waals surface area contributed by atoms with E-state index in [1.807, 2.05) is 0 Å². The van der Waals surface area contributed by atoms with Crippen molar-refractivity contribution in [3.8, 4) is 6.01 Å². The number of nitrogens with one attached hydrogen (secondary N) is 1. The Morgan fingerprint density at radius 3 is 2.56 bits per heavy atom.